The molecule has 48 heavy (non-hydrogen) atoms. The second kappa shape index (κ2) is 19.0. The van der Waals surface area contributed by atoms with E-state index in [1.807, 2.05) is 36.7 Å². The Morgan fingerprint density at radius 3 is 1.44 bits per heavy atom. The van der Waals surface area contributed by atoms with Crippen LogP contribution in [0.25, 0.3) is 0 Å². The molecule has 0 spiro atoms. The van der Waals surface area contributed by atoms with E-state index in [0.29, 0.717) is 6.61 Å². The third-order valence-corrected chi connectivity index (χ3v) is 20.8. The Morgan fingerprint density at radius 1 is 0.604 bits per heavy atom. The highest BCUT2D eigenvalue weighted by Crippen LogP contribution is 2.37. The molecule has 0 aliphatic heterocycles. The van der Waals surface area contributed by atoms with Gasteiger partial charge in [-0.05, 0) is 73.4 Å². The van der Waals surface area contributed by atoms with Gasteiger partial charge < -0.3 is 31.5 Å². The van der Waals surface area contributed by atoms with Crippen LogP contribution in [0, 0.1) is 0 Å². The number of aryl methyl sites for hydroxylation is 1. The van der Waals surface area contributed by atoms with E-state index in [4.69, 9.17) is 26.6 Å². The summed E-state index contributed by atoms with van der Waals surface area (Å²) < 4.78 is 36.7. The summed E-state index contributed by atoms with van der Waals surface area (Å²) in [7, 11) is -1.94. The predicted molar refractivity (Wildman–Crippen MR) is 202 cm³/mol. The van der Waals surface area contributed by atoms with Gasteiger partial charge in [-0.1, -0.05) is 41.5 Å². The van der Waals surface area contributed by atoms with Crippen molar-refractivity contribution in [2.24, 2.45) is 10.2 Å². The Balaban J connectivity index is 1.99. The molecule has 0 unspecified atom stereocenters. The van der Waals surface area contributed by atoms with Crippen molar-refractivity contribution in [1.29, 1.82) is 0 Å². The molecule has 0 aliphatic rings. The maximum Gasteiger partial charge on any atom is 0.678 e. The molecular weight excluding hydrogens is 657 g/mol. The zero-order chi connectivity index (χ0) is 36.1. The monoisotopic (exact) mass is 721 g/mol. The number of pyridine rings is 1. The number of nitrogens with zero attached hydrogens (tertiary/aromatic N) is 4. The molecule has 0 atom stereocenters. The summed E-state index contributed by atoms with van der Waals surface area (Å²) in [6.07, 6.45) is 6.73. The van der Waals surface area contributed by atoms with Gasteiger partial charge in [0.15, 0.2) is 35.6 Å². The van der Waals surface area contributed by atoms with Gasteiger partial charge in [0, 0.05) is 78.5 Å². The summed E-state index contributed by atoms with van der Waals surface area (Å²) in [5, 5.41) is 9.38. The van der Waals surface area contributed by atoms with Crippen LogP contribution in [0.5, 0.6) is 0 Å². The number of hydrogen-bond donors (Lipinski definition) is 0. The van der Waals surface area contributed by atoms with Gasteiger partial charge in [-0.25, -0.2) is 4.57 Å². The SMILES string of the molecule is CO[Si](OC)(OC)OCCC[n+]1ccc(N=Nc2ccc(N(CCCO[Si](C)(C)C(C)(C)C)CCCO[Si](C)(C)C(C)(C)C)cc2)cc1. The van der Waals surface area contributed by atoms with Crippen molar-refractivity contribution in [3.63, 3.8) is 0 Å². The summed E-state index contributed by atoms with van der Waals surface area (Å²) in [5.74, 6) is 0. The van der Waals surface area contributed by atoms with Crippen molar-refractivity contribution in [3.8, 4) is 0 Å². The molecule has 272 valence electrons. The minimum Gasteiger partial charge on any atom is -0.417 e. The van der Waals surface area contributed by atoms with Gasteiger partial charge in [-0.15, -0.1) is 0 Å². The molecular formula is C35H65N4O6Si3+. The van der Waals surface area contributed by atoms with Crippen LogP contribution in [0.1, 0.15) is 60.8 Å². The minimum absolute atomic E-state index is 0.211. The molecule has 2 aromatic rings. The average molecular weight is 722 g/mol. The normalized spacial score (nSPS) is 13.4. The van der Waals surface area contributed by atoms with Gasteiger partial charge in [0.1, 0.15) is 0 Å². The van der Waals surface area contributed by atoms with Crippen LogP contribution >= 0.6 is 0 Å². The first kappa shape index (κ1) is 42.3. The first-order valence-electron chi connectivity index (χ1n) is 17.2. The Morgan fingerprint density at radius 2 is 1.02 bits per heavy atom. The molecule has 0 radical (unpaired) electrons. The molecule has 1 aromatic heterocycles. The smallest absolute Gasteiger partial charge is 0.417 e. The van der Waals surface area contributed by atoms with Gasteiger partial charge in [-0.3, -0.25) is 0 Å². The second-order valence-corrected chi connectivity index (χ2v) is 27.4. The van der Waals surface area contributed by atoms with Crippen LogP contribution in [0.4, 0.5) is 17.1 Å². The van der Waals surface area contributed by atoms with Crippen molar-refractivity contribution in [2.45, 2.75) is 104 Å². The zero-order valence-electron chi connectivity index (χ0n) is 32.2. The fraction of sp³-hybridized carbons (Fsp3) is 0.686. The van der Waals surface area contributed by atoms with E-state index in [1.54, 1.807) is 0 Å². The van der Waals surface area contributed by atoms with E-state index < -0.39 is 25.7 Å². The molecule has 0 amide bonds. The lowest BCUT2D eigenvalue weighted by Crippen LogP contribution is -2.47. The van der Waals surface area contributed by atoms with Gasteiger partial charge >= 0.3 is 9.05 Å². The van der Waals surface area contributed by atoms with E-state index >= 15 is 0 Å². The number of anilines is 1. The highest BCUT2D eigenvalue weighted by atomic mass is 28.4. The van der Waals surface area contributed by atoms with Crippen LogP contribution in [0.15, 0.2) is 59.0 Å². The molecule has 2 rings (SSSR count). The summed E-state index contributed by atoms with van der Waals surface area (Å²) in [4.78, 5) is 2.45. The van der Waals surface area contributed by atoms with Crippen LogP contribution < -0.4 is 9.47 Å². The number of hydrogen-bond acceptors (Lipinski definition) is 9. The Kier molecular flexibility index (Phi) is 16.7. The second-order valence-electron chi connectivity index (χ2n) is 15.2. The molecule has 0 saturated heterocycles. The first-order chi connectivity index (χ1) is 22.4. The quantitative estimate of drug-likeness (QED) is 0.0551. The number of benzene rings is 1. The van der Waals surface area contributed by atoms with Gasteiger partial charge in [0.05, 0.1) is 11.4 Å². The van der Waals surface area contributed by atoms with Crippen molar-refractivity contribution in [1.82, 2.24) is 0 Å². The van der Waals surface area contributed by atoms with E-state index in [-0.39, 0.29) is 10.1 Å². The topological polar surface area (TPSA) is 87.2 Å². The Bertz CT molecular complexity index is 1190. The van der Waals surface area contributed by atoms with E-state index in [9.17, 15) is 0 Å². The lowest BCUT2D eigenvalue weighted by atomic mass is 10.2. The molecule has 13 heteroatoms. The average Bonchev–Trinajstić information content (AvgIpc) is 3.03. The van der Waals surface area contributed by atoms with Gasteiger partial charge in [0.25, 0.3) is 0 Å². The lowest BCUT2D eigenvalue weighted by Gasteiger charge is -2.37. The predicted octanol–water partition coefficient (Wildman–Crippen LogP) is 8.80. The Hall–Kier alpha value is -1.82. The molecule has 0 aliphatic carbocycles. The highest BCUT2D eigenvalue weighted by Gasteiger charge is 2.42. The van der Waals surface area contributed by atoms with Gasteiger partial charge in [-0.2, -0.15) is 10.2 Å². The van der Waals surface area contributed by atoms with Crippen LogP contribution in [-0.2, 0) is 33.1 Å². The number of rotatable bonds is 21. The fourth-order valence-electron chi connectivity index (χ4n) is 4.35. The van der Waals surface area contributed by atoms with Crippen LogP contribution in [-0.4, -0.2) is 79.9 Å². The summed E-state index contributed by atoms with van der Waals surface area (Å²) in [6.45, 7) is 27.7. The van der Waals surface area contributed by atoms with E-state index in [1.165, 1.54) is 27.0 Å². The first-order valence-corrected chi connectivity index (χ1v) is 24.7. The molecule has 0 bridgehead atoms. The molecule has 1 heterocycles. The molecule has 10 nitrogen and oxygen atoms in total. The molecule has 0 saturated carbocycles. The van der Waals surface area contributed by atoms with E-state index in [2.05, 4.69) is 99.6 Å². The molecule has 1 aromatic carbocycles. The lowest BCUT2D eigenvalue weighted by molar-refractivity contribution is -0.697. The Labute approximate surface area is 294 Å². The number of azo groups is 1. The van der Waals surface area contributed by atoms with Crippen molar-refractivity contribution >= 4 is 42.7 Å². The molecule has 0 N–H and O–H groups in total. The van der Waals surface area contributed by atoms with Crippen molar-refractivity contribution in [3.05, 3.63) is 48.8 Å². The van der Waals surface area contributed by atoms with Crippen LogP contribution in [0.3, 0.4) is 0 Å². The maximum absolute atomic E-state index is 6.48. The fourth-order valence-corrected chi connectivity index (χ4v) is 7.77. The maximum atomic E-state index is 6.48. The molecule has 0 fully saturated rings. The third kappa shape index (κ3) is 13.5. The summed E-state index contributed by atoms with van der Waals surface area (Å²) in [5.41, 5.74) is 2.79. The van der Waals surface area contributed by atoms with E-state index in [0.717, 1.165) is 63.5 Å². The van der Waals surface area contributed by atoms with Gasteiger partial charge in [0.2, 0.25) is 0 Å². The highest BCUT2D eigenvalue weighted by molar-refractivity contribution is 6.74. The van der Waals surface area contributed by atoms with Crippen molar-refractivity contribution < 1.29 is 31.1 Å². The minimum atomic E-state index is -3.00. The largest absolute Gasteiger partial charge is 0.678 e. The standard InChI is InChI=1S/C35H65N4O6Si3/c1-34(2,3)46(10,11)43-28-15-24-39(25-16-29-44-47(12,13)35(4,5)6)33-19-17-31(18-20-33)36-37-32-21-26-38(27-22-32)23-14-30-45-48(40-7,41-8)42-9/h17-22,26-27H,14-16,23-25,28-30H2,1-13H3/q+1. The van der Waals surface area contributed by atoms with Crippen molar-refractivity contribution in [2.75, 3.05) is 59.1 Å². The summed E-state index contributed by atoms with van der Waals surface area (Å²) in [6, 6.07) is 12.3. The number of aromatic nitrogens is 1. The zero-order valence-corrected chi connectivity index (χ0v) is 35.2. The van der Waals surface area contributed by atoms with Crippen LogP contribution in [0.2, 0.25) is 36.3 Å². The third-order valence-electron chi connectivity index (χ3n) is 9.64. The summed E-state index contributed by atoms with van der Waals surface area (Å²) >= 11 is 0.